The van der Waals surface area contributed by atoms with E-state index in [2.05, 4.69) is 49.0 Å². The lowest BCUT2D eigenvalue weighted by atomic mass is 10.2. The number of rotatable bonds is 6. The first kappa shape index (κ1) is 21.8. The second-order valence-electron chi connectivity index (χ2n) is 7.16. The molecule has 33 heavy (non-hydrogen) atoms. The molecule has 0 aliphatic carbocycles. The fraction of sp³-hybridized carbons (Fsp3) is 0.0833. The van der Waals surface area contributed by atoms with Crippen LogP contribution in [0.3, 0.4) is 0 Å². The Morgan fingerprint density at radius 1 is 1.09 bits per heavy atom. The zero-order valence-corrected chi connectivity index (χ0v) is 20.8. The Morgan fingerprint density at radius 3 is 2.85 bits per heavy atom. The molecule has 4 aromatic rings. The number of fused-ring (bicyclic) bond motifs is 2. The molecular formula is C24H16BrIN2O5. The van der Waals surface area contributed by atoms with Crippen molar-refractivity contribution in [2.75, 3.05) is 6.79 Å². The lowest BCUT2D eigenvalue weighted by Crippen LogP contribution is -2.16. The Hall–Kier alpha value is -3.05. The number of hydrazone groups is 1. The minimum absolute atomic E-state index is 0.196. The van der Waals surface area contributed by atoms with Crippen molar-refractivity contribution in [3.05, 3.63) is 85.6 Å². The molecule has 0 saturated carbocycles. The number of hydrogen-bond acceptors (Lipinski definition) is 6. The predicted octanol–water partition coefficient (Wildman–Crippen LogP) is 5.87. The summed E-state index contributed by atoms with van der Waals surface area (Å²) < 4.78 is 24.1. The third-order valence-corrected chi connectivity index (χ3v) is 6.21. The molecule has 0 bridgehead atoms. The van der Waals surface area contributed by atoms with E-state index in [0.29, 0.717) is 12.2 Å². The fourth-order valence-electron chi connectivity index (χ4n) is 3.25. The molecule has 0 spiro atoms. The van der Waals surface area contributed by atoms with Gasteiger partial charge in [-0.1, -0.05) is 22.0 Å². The first-order valence-electron chi connectivity index (χ1n) is 9.88. The smallest absolute Gasteiger partial charge is 0.307 e. The maximum absolute atomic E-state index is 12.3. The van der Waals surface area contributed by atoms with Crippen LogP contribution in [0, 0.1) is 3.57 Å². The molecule has 3 aromatic carbocycles. The Bertz CT molecular complexity index is 1380. The van der Waals surface area contributed by atoms with Crippen LogP contribution in [0.5, 0.6) is 17.2 Å². The normalized spacial score (nSPS) is 12.4. The van der Waals surface area contributed by atoms with Crippen molar-refractivity contribution in [3.63, 3.8) is 0 Å². The van der Waals surface area contributed by atoms with Crippen molar-refractivity contribution in [1.29, 1.82) is 0 Å². The molecule has 9 heteroatoms. The lowest BCUT2D eigenvalue weighted by molar-refractivity contribution is 0.0929. The number of carbonyl (C=O) groups excluding carboxylic acids is 1. The summed E-state index contributed by atoms with van der Waals surface area (Å²) >= 11 is 5.61. The zero-order valence-electron chi connectivity index (χ0n) is 17.0. The molecule has 0 unspecified atom stereocenters. The van der Waals surface area contributed by atoms with Gasteiger partial charge in [-0.05, 0) is 88.3 Å². The fourth-order valence-corrected chi connectivity index (χ4v) is 4.33. The number of nitrogens with one attached hydrogen (secondary N) is 1. The summed E-state index contributed by atoms with van der Waals surface area (Å²) in [5.41, 5.74) is 4.94. The van der Waals surface area contributed by atoms with Crippen LogP contribution >= 0.6 is 38.5 Å². The van der Waals surface area contributed by atoms with Gasteiger partial charge in [0.15, 0.2) is 17.3 Å². The van der Waals surface area contributed by atoms with Crippen LogP contribution in [-0.4, -0.2) is 18.9 Å². The number of ether oxygens (including phenoxy) is 3. The Balaban J connectivity index is 1.19. The van der Waals surface area contributed by atoms with Gasteiger partial charge in [-0.25, -0.2) is 5.43 Å². The highest BCUT2D eigenvalue weighted by atomic mass is 127. The first-order chi connectivity index (χ1) is 16.0. The molecule has 5 rings (SSSR count). The van der Waals surface area contributed by atoms with Crippen molar-refractivity contribution in [2.45, 2.75) is 6.61 Å². The summed E-state index contributed by atoms with van der Waals surface area (Å²) in [5, 5.41) is 4.88. The first-order valence-corrected chi connectivity index (χ1v) is 11.8. The predicted molar refractivity (Wildman–Crippen MR) is 135 cm³/mol. The maximum atomic E-state index is 12.3. The minimum atomic E-state index is -0.419. The van der Waals surface area contributed by atoms with Crippen LogP contribution in [0.25, 0.3) is 11.0 Å². The van der Waals surface area contributed by atoms with Gasteiger partial charge in [0.05, 0.1) is 9.78 Å². The van der Waals surface area contributed by atoms with E-state index in [4.69, 9.17) is 18.6 Å². The number of amides is 1. The Labute approximate surface area is 211 Å². The van der Waals surface area contributed by atoms with Crippen LogP contribution in [0.2, 0.25) is 0 Å². The summed E-state index contributed by atoms with van der Waals surface area (Å²) in [5.74, 6) is 2.01. The molecule has 1 N–H and O–H groups in total. The van der Waals surface area contributed by atoms with E-state index in [1.165, 1.54) is 0 Å². The number of carbonyl (C=O) groups is 1. The average molecular weight is 619 g/mol. The number of halogens is 2. The van der Waals surface area contributed by atoms with Gasteiger partial charge in [0.2, 0.25) is 6.79 Å². The third kappa shape index (κ3) is 4.98. The molecule has 0 saturated heterocycles. The van der Waals surface area contributed by atoms with E-state index in [1.54, 1.807) is 18.3 Å². The summed E-state index contributed by atoms with van der Waals surface area (Å²) in [6.45, 7) is 0.654. The maximum Gasteiger partial charge on any atom is 0.307 e. The molecule has 1 amide bonds. The topological polar surface area (TPSA) is 82.3 Å². The average Bonchev–Trinajstić information content (AvgIpc) is 3.44. The van der Waals surface area contributed by atoms with Gasteiger partial charge in [0, 0.05) is 9.86 Å². The van der Waals surface area contributed by atoms with Gasteiger partial charge in [-0.15, -0.1) is 0 Å². The second kappa shape index (κ2) is 9.44. The highest BCUT2D eigenvalue weighted by Gasteiger charge is 2.14. The van der Waals surface area contributed by atoms with Crippen LogP contribution in [-0.2, 0) is 6.61 Å². The summed E-state index contributed by atoms with van der Waals surface area (Å²) in [6, 6.07) is 18.6. The van der Waals surface area contributed by atoms with E-state index >= 15 is 0 Å². The standard InChI is InChI=1S/C24H16BrIN2O5/c25-17-3-6-19-16(9-17)10-23(33-19)24(29)28-27-11-14-1-4-20(18(26)7-14)30-12-15-2-5-21-22(8-15)32-13-31-21/h1-11H,12-13H2,(H,28,29)/b27-11+. The monoisotopic (exact) mass is 618 g/mol. The highest BCUT2D eigenvalue weighted by molar-refractivity contribution is 14.1. The zero-order chi connectivity index (χ0) is 22.8. The van der Waals surface area contributed by atoms with Crippen LogP contribution in [0.15, 0.2) is 74.7 Å². The molecule has 2 heterocycles. The van der Waals surface area contributed by atoms with E-state index < -0.39 is 5.91 Å². The quantitative estimate of drug-likeness (QED) is 0.166. The van der Waals surface area contributed by atoms with Gasteiger partial charge in [0.1, 0.15) is 17.9 Å². The van der Waals surface area contributed by atoms with E-state index in [1.807, 2.05) is 48.5 Å². The molecule has 1 aliphatic heterocycles. The van der Waals surface area contributed by atoms with Crippen LogP contribution < -0.4 is 19.6 Å². The number of nitrogens with zero attached hydrogens (tertiary/aromatic N) is 1. The van der Waals surface area contributed by atoms with Gasteiger partial charge in [0.25, 0.3) is 0 Å². The highest BCUT2D eigenvalue weighted by Crippen LogP contribution is 2.33. The van der Waals surface area contributed by atoms with Crippen LogP contribution in [0.4, 0.5) is 0 Å². The second-order valence-corrected chi connectivity index (χ2v) is 9.24. The summed E-state index contributed by atoms with van der Waals surface area (Å²) in [7, 11) is 0. The molecule has 1 aliphatic rings. The Kier molecular flexibility index (Phi) is 6.23. The van der Waals surface area contributed by atoms with Gasteiger partial charge >= 0.3 is 5.91 Å². The summed E-state index contributed by atoms with van der Waals surface area (Å²) in [4.78, 5) is 12.3. The SMILES string of the molecule is O=C(N/N=C/c1ccc(OCc2ccc3c(c2)OCO3)c(I)c1)c1cc2cc(Br)ccc2o1. The lowest BCUT2D eigenvalue weighted by Gasteiger charge is -2.09. The molecular weight excluding hydrogens is 603 g/mol. The van der Waals surface area contributed by atoms with Gasteiger partial charge in [-0.2, -0.15) is 5.10 Å². The van der Waals surface area contributed by atoms with Crippen molar-refractivity contribution < 1.29 is 23.4 Å². The van der Waals surface area contributed by atoms with Crippen molar-refractivity contribution in [1.82, 2.24) is 5.43 Å². The van der Waals surface area contributed by atoms with Crippen molar-refractivity contribution >= 4 is 61.6 Å². The number of benzene rings is 3. The van der Waals surface area contributed by atoms with Gasteiger partial charge < -0.3 is 18.6 Å². The van der Waals surface area contributed by atoms with E-state index in [-0.39, 0.29) is 12.6 Å². The molecule has 7 nitrogen and oxygen atoms in total. The molecule has 166 valence electrons. The largest absolute Gasteiger partial charge is 0.488 e. The Morgan fingerprint density at radius 2 is 1.97 bits per heavy atom. The van der Waals surface area contributed by atoms with Crippen molar-refractivity contribution in [3.8, 4) is 17.2 Å². The van der Waals surface area contributed by atoms with E-state index in [0.717, 1.165) is 41.8 Å². The van der Waals surface area contributed by atoms with Gasteiger partial charge in [-0.3, -0.25) is 4.79 Å². The van der Waals surface area contributed by atoms with Crippen molar-refractivity contribution in [2.24, 2.45) is 5.10 Å². The molecule has 1 aromatic heterocycles. The summed E-state index contributed by atoms with van der Waals surface area (Å²) in [6.07, 6.45) is 1.57. The molecule has 0 atom stereocenters. The molecule has 0 fully saturated rings. The third-order valence-electron chi connectivity index (χ3n) is 4.87. The minimum Gasteiger partial charge on any atom is -0.488 e. The number of furan rings is 1. The molecule has 0 radical (unpaired) electrons. The van der Waals surface area contributed by atoms with E-state index in [9.17, 15) is 4.79 Å². The van der Waals surface area contributed by atoms with Crippen LogP contribution in [0.1, 0.15) is 21.7 Å². The number of hydrogen-bond donors (Lipinski definition) is 1.